The number of nitrogens with zero attached hydrogens (tertiary/aromatic N) is 4. The molecule has 4 rings (SSSR count). The zero-order chi connectivity index (χ0) is 26.4. The summed E-state index contributed by atoms with van der Waals surface area (Å²) in [6.45, 7) is 6.46. The van der Waals surface area contributed by atoms with Crippen LogP contribution in [0.4, 0.5) is 11.6 Å². The van der Waals surface area contributed by atoms with Gasteiger partial charge in [0.05, 0.1) is 41.6 Å². The Morgan fingerprint density at radius 2 is 2.00 bits per heavy atom. The molecule has 3 aromatic heterocycles. The Morgan fingerprint density at radius 3 is 2.73 bits per heavy atom. The highest BCUT2D eigenvalue weighted by molar-refractivity contribution is 6.23. The maximum absolute atomic E-state index is 8.71. The van der Waals surface area contributed by atoms with Gasteiger partial charge in [-0.05, 0) is 47.9 Å². The number of allylic oxidation sites excluding steroid dienone is 4. The number of methoxy groups -OCH3 is 1. The number of ether oxygens (including phenoxy) is 2. The van der Waals surface area contributed by atoms with Gasteiger partial charge in [0.25, 0.3) is 0 Å². The molecule has 0 aromatic carbocycles. The quantitative estimate of drug-likeness (QED) is 0.320. The van der Waals surface area contributed by atoms with Gasteiger partial charge in [-0.25, -0.2) is 4.98 Å². The average molecular weight is 500 g/mol. The molecule has 0 spiro atoms. The summed E-state index contributed by atoms with van der Waals surface area (Å²) in [6.07, 6.45) is 9.87. The van der Waals surface area contributed by atoms with Crippen molar-refractivity contribution in [1.82, 2.24) is 25.5 Å². The predicted octanol–water partition coefficient (Wildman–Crippen LogP) is 5.34. The van der Waals surface area contributed by atoms with Crippen molar-refractivity contribution in [2.24, 2.45) is 5.92 Å². The first-order valence-electron chi connectivity index (χ1n) is 12.3. The standard InChI is InChI=1S/C28H33N7O2/c1-17(2)19-12-28(35-32-14-19)34-27-9-7-24-25(33-27)11-20(13-31-24)22(15-30-4)23(29)16-37-21-6-8-26(36-5)18(3)10-21/h6-9,11-15,17-18,29-30H,10,16H2,1-5H3,(H,33,34,35)/b22-15-,29-23?. The fraction of sp³-hybridized carbons (Fsp3) is 0.321. The lowest BCUT2D eigenvalue weighted by Crippen LogP contribution is -2.15. The number of rotatable bonds is 10. The Balaban J connectivity index is 1.53. The summed E-state index contributed by atoms with van der Waals surface area (Å²) in [4.78, 5) is 9.30. The van der Waals surface area contributed by atoms with Crippen molar-refractivity contribution in [2.45, 2.75) is 33.1 Å². The number of pyridine rings is 2. The summed E-state index contributed by atoms with van der Waals surface area (Å²) in [5, 5.41) is 23.2. The lowest BCUT2D eigenvalue weighted by molar-refractivity contribution is 0.202. The maximum atomic E-state index is 8.71. The van der Waals surface area contributed by atoms with Crippen molar-refractivity contribution < 1.29 is 9.47 Å². The number of aromatic nitrogens is 4. The van der Waals surface area contributed by atoms with Gasteiger partial charge >= 0.3 is 0 Å². The summed E-state index contributed by atoms with van der Waals surface area (Å²) >= 11 is 0. The Labute approximate surface area is 217 Å². The van der Waals surface area contributed by atoms with Crippen molar-refractivity contribution in [3.05, 3.63) is 77.7 Å². The molecule has 3 aromatic rings. The zero-order valence-corrected chi connectivity index (χ0v) is 21.9. The smallest absolute Gasteiger partial charge is 0.154 e. The minimum absolute atomic E-state index is 0.139. The Hall–Kier alpha value is -4.27. The molecule has 0 bridgehead atoms. The maximum Gasteiger partial charge on any atom is 0.154 e. The topological polar surface area (TPSA) is 118 Å². The number of hydrogen-bond acceptors (Lipinski definition) is 9. The lowest BCUT2D eigenvalue weighted by atomic mass is 9.99. The molecule has 1 aliphatic carbocycles. The molecular weight excluding hydrogens is 466 g/mol. The van der Waals surface area contributed by atoms with E-state index in [-0.39, 0.29) is 12.5 Å². The minimum atomic E-state index is 0.139. The van der Waals surface area contributed by atoms with Crippen molar-refractivity contribution in [3.63, 3.8) is 0 Å². The van der Waals surface area contributed by atoms with Crippen LogP contribution in [-0.4, -0.2) is 46.6 Å². The predicted molar refractivity (Wildman–Crippen MR) is 147 cm³/mol. The van der Waals surface area contributed by atoms with Gasteiger partial charge < -0.3 is 25.5 Å². The van der Waals surface area contributed by atoms with Crippen LogP contribution < -0.4 is 10.6 Å². The number of nitrogens with one attached hydrogen (secondary N) is 3. The largest absolute Gasteiger partial charge is 0.501 e. The first-order chi connectivity index (χ1) is 17.9. The van der Waals surface area contributed by atoms with Crippen LogP contribution in [0.5, 0.6) is 0 Å². The van der Waals surface area contributed by atoms with Crippen LogP contribution in [0.25, 0.3) is 16.6 Å². The zero-order valence-electron chi connectivity index (χ0n) is 21.9. The van der Waals surface area contributed by atoms with Gasteiger partial charge in [0, 0.05) is 42.9 Å². The van der Waals surface area contributed by atoms with Gasteiger partial charge in [-0.1, -0.05) is 20.8 Å². The summed E-state index contributed by atoms with van der Waals surface area (Å²) in [5.74, 6) is 3.63. The lowest BCUT2D eigenvalue weighted by Gasteiger charge is -2.21. The fourth-order valence-electron chi connectivity index (χ4n) is 4.03. The van der Waals surface area contributed by atoms with E-state index >= 15 is 0 Å². The average Bonchev–Trinajstić information content (AvgIpc) is 2.90. The monoisotopic (exact) mass is 499 g/mol. The third-order valence-electron chi connectivity index (χ3n) is 6.12. The molecule has 0 fully saturated rings. The molecule has 37 heavy (non-hydrogen) atoms. The van der Waals surface area contributed by atoms with Gasteiger partial charge in [-0.3, -0.25) is 4.98 Å². The van der Waals surface area contributed by atoms with E-state index in [4.69, 9.17) is 19.9 Å². The molecule has 9 heteroatoms. The Bertz CT molecular complexity index is 1380. The molecule has 0 aliphatic heterocycles. The van der Waals surface area contributed by atoms with E-state index < -0.39 is 0 Å². The summed E-state index contributed by atoms with van der Waals surface area (Å²) in [5.41, 5.74) is 4.34. The second kappa shape index (κ2) is 11.6. The van der Waals surface area contributed by atoms with Crippen LogP contribution >= 0.6 is 0 Å². The Kier molecular flexibility index (Phi) is 8.12. The molecule has 192 valence electrons. The molecule has 9 nitrogen and oxygen atoms in total. The van der Waals surface area contributed by atoms with Gasteiger partial charge in [0.1, 0.15) is 12.4 Å². The van der Waals surface area contributed by atoms with E-state index in [0.29, 0.717) is 34.4 Å². The van der Waals surface area contributed by atoms with E-state index in [1.807, 2.05) is 36.4 Å². The van der Waals surface area contributed by atoms with Crippen molar-refractivity contribution in [1.29, 1.82) is 5.41 Å². The van der Waals surface area contributed by atoms with Crippen LogP contribution in [0.3, 0.4) is 0 Å². The van der Waals surface area contributed by atoms with Crippen molar-refractivity contribution >= 4 is 34.0 Å². The van der Waals surface area contributed by atoms with E-state index in [1.165, 1.54) is 0 Å². The summed E-state index contributed by atoms with van der Waals surface area (Å²) < 4.78 is 11.3. The molecule has 3 heterocycles. The first-order valence-corrected chi connectivity index (χ1v) is 12.3. The SMILES string of the molecule is CN/C=C(\C(=N)COC1=CC=C(OC)C(C)C1)c1cnc2ccc(Nc3cc(C(C)C)cnn3)nc2c1. The highest BCUT2D eigenvalue weighted by atomic mass is 16.5. The van der Waals surface area contributed by atoms with Crippen LogP contribution in [0.2, 0.25) is 0 Å². The molecule has 1 atom stereocenters. The molecule has 1 unspecified atom stereocenters. The van der Waals surface area contributed by atoms with Crippen LogP contribution in [-0.2, 0) is 9.47 Å². The first kappa shape index (κ1) is 25.8. The third-order valence-corrected chi connectivity index (χ3v) is 6.12. The molecule has 3 N–H and O–H groups in total. The third kappa shape index (κ3) is 6.30. The number of hydrogen-bond donors (Lipinski definition) is 3. The Morgan fingerprint density at radius 1 is 1.16 bits per heavy atom. The van der Waals surface area contributed by atoms with Gasteiger partial charge in [-0.15, -0.1) is 5.10 Å². The number of anilines is 2. The van der Waals surface area contributed by atoms with Gasteiger partial charge in [0.15, 0.2) is 5.82 Å². The summed E-state index contributed by atoms with van der Waals surface area (Å²) in [6, 6.07) is 7.67. The van der Waals surface area contributed by atoms with Crippen LogP contribution in [0.15, 0.2) is 66.5 Å². The highest BCUT2D eigenvalue weighted by Gasteiger charge is 2.18. The van der Waals surface area contributed by atoms with Gasteiger partial charge in [-0.2, -0.15) is 5.10 Å². The second-order valence-corrected chi connectivity index (χ2v) is 9.24. The molecule has 1 aliphatic rings. The number of fused-ring (bicyclic) bond motifs is 1. The molecule has 0 amide bonds. The van der Waals surface area contributed by atoms with Crippen molar-refractivity contribution in [3.8, 4) is 0 Å². The minimum Gasteiger partial charge on any atom is -0.501 e. The van der Waals surface area contributed by atoms with Crippen LogP contribution in [0.1, 0.15) is 44.2 Å². The summed E-state index contributed by atoms with van der Waals surface area (Å²) in [7, 11) is 3.48. The molecule has 0 saturated heterocycles. The normalized spacial score (nSPS) is 15.7. The highest BCUT2D eigenvalue weighted by Crippen LogP contribution is 2.27. The van der Waals surface area contributed by atoms with E-state index in [2.05, 4.69) is 46.6 Å². The van der Waals surface area contributed by atoms with Crippen LogP contribution in [0, 0.1) is 11.3 Å². The second-order valence-electron chi connectivity index (χ2n) is 9.24. The molecular formula is C28H33N7O2. The van der Waals surface area contributed by atoms with Gasteiger partial charge in [0.2, 0.25) is 0 Å². The van der Waals surface area contributed by atoms with E-state index in [1.54, 1.807) is 32.8 Å². The van der Waals surface area contributed by atoms with Crippen molar-refractivity contribution in [2.75, 3.05) is 26.1 Å². The van der Waals surface area contributed by atoms with E-state index in [0.717, 1.165) is 34.6 Å². The van der Waals surface area contributed by atoms with E-state index in [9.17, 15) is 0 Å². The molecule has 0 saturated carbocycles. The molecule has 0 radical (unpaired) electrons. The fourth-order valence-corrected chi connectivity index (χ4v) is 4.03.